The SMILES string of the molecule is COc1nc(-c2cccc(-c3cccc(-c4nc5cc6c(c(C#N)c5o4)CC[C@H]6N4CC[C@@H](C(=O)NS(=O)(=O)C5CC5)C4)c3Cl)c2C)cnc1CN1CC[C@@H](O)C1. The Morgan fingerprint density at radius 2 is 1.82 bits per heavy atom. The number of aliphatic hydroxyl groups excluding tert-OH is 1. The van der Waals surface area contributed by atoms with Crippen LogP contribution in [0.4, 0.5) is 0 Å². The summed E-state index contributed by atoms with van der Waals surface area (Å²) in [5, 5.41) is 20.4. The molecule has 5 aromatic rings. The summed E-state index contributed by atoms with van der Waals surface area (Å²) in [6.07, 6.45) is 5.37. The lowest BCUT2D eigenvalue weighted by Gasteiger charge is -2.24. The van der Waals surface area contributed by atoms with Crippen LogP contribution in [0.3, 0.4) is 0 Å². The van der Waals surface area contributed by atoms with Crippen LogP contribution < -0.4 is 9.46 Å². The van der Waals surface area contributed by atoms with Gasteiger partial charge in [-0.25, -0.2) is 18.4 Å². The van der Waals surface area contributed by atoms with Gasteiger partial charge in [0.25, 0.3) is 0 Å². The highest BCUT2D eigenvalue weighted by molar-refractivity contribution is 7.90. The summed E-state index contributed by atoms with van der Waals surface area (Å²) in [5.74, 6) is -0.111. The fourth-order valence-corrected chi connectivity index (χ4v) is 10.5. The van der Waals surface area contributed by atoms with Gasteiger partial charge in [-0.05, 0) is 86.4 Å². The molecule has 294 valence electrons. The van der Waals surface area contributed by atoms with Gasteiger partial charge in [-0.15, -0.1) is 0 Å². The van der Waals surface area contributed by atoms with Crippen LogP contribution in [0.25, 0.3) is 44.9 Å². The van der Waals surface area contributed by atoms with Gasteiger partial charge in [-0.3, -0.25) is 24.3 Å². The van der Waals surface area contributed by atoms with Crippen molar-refractivity contribution >= 4 is 38.6 Å². The Morgan fingerprint density at radius 1 is 1.05 bits per heavy atom. The zero-order valence-corrected chi connectivity index (χ0v) is 33.2. The second-order valence-corrected chi connectivity index (χ2v) is 17.9. The molecule has 3 fully saturated rings. The molecule has 0 radical (unpaired) electrons. The summed E-state index contributed by atoms with van der Waals surface area (Å²) in [6.45, 7) is 5.04. The first-order valence-electron chi connectivity index (χ1n) is 19.4. The van der Waals surface area contributed by atoms with Crippen LogP contribution in [0.5, 0.6) is 5.88 Å². The minimum Gasteiger partial charge on any atom is -0.480 e. The molecule has 2 aliphatic carbocycles. The molecule has 2 N–H and O–H groups in total. The average Bonchev–Trinajstić information content (AvgIpc) is 3.47. The van der Waals surface area contributed by atoms with Crippen molar-refractivity contribution in [3.63, 3.8) is 0 Å². The van der Waals surface area contributed by atoms with Crippen LogP contribution in [-0.4, -0.2) is 88.8 Å². The molecule has 3 atom stereocenters. The van der Waals surface area contributed by atoms with E-state index in [0.717, 1.165) is 52.8 Å². The van der Waals surface area contributed by atoms with E-state index in [4.69, 9.17) is 35.7 Å². The number of hydrogen-bond acceptors (Lipinski definition) is 12. The fraction of sp³-hybridized carbons (Fsp3) is 0.405. The smallest absolute Gasteiger partial charge is 0.237 e. The third kappa shape index (κ3) is 6.95. The van der Waals surface area contributed by atoms with Gasteiger partial charge in [0, 0.05) is 43.3 Å². The number of sulfonamides is 1. The lowest BCUT2D eigenvalue weighted by molar-refractivity contribution is -0.122. The standard InChI is InChI=1S/C42H42ClN7O6S/c1-23-27(5-3-6-28(23)35-19-45-36(42(47-35)55-2)22-49-15-14-25(51)21-49)30-7-4-8-31(38(30)43)41-46-34-17-32-29(33(18-44)39(34)56-41)11-12-37(32)50-16-13-24(20-50)40(52)48-57(53,54)26-9-10-26/h3-8,17,19,24-26,37,51H,9-16,20-22H2,1-2H3,(H,48,52)/t24-,25-,37-/m1/s1. The maximum absolute atomic E-state index is 12.9. The van der Waals surface area contributed by atoms with Crippen molar-refractivity contribution in [2.45, 2.75) is 69.4 Å². The number of amides is 1. The van der Waals surface area contributed by atoms with Crippen LogP contribution >= 0.6 is 11.6 Å². The molecule has 13 nitrogen and oxygen atoms in total. The van der Waals surface area contributed by atoms with Gasteiger partial charge in [-0.2, -0.15) is 5.26 Å². The van der Waals surface area contributed by atoms with Crippen LogP contribution in [0.15, 0.2) is 53.1 Å². The Kier molecular flexibility index (Phi) is 9.77. The lowest BCUT2D eigenvalue weighted by atomic mass is 9.94. The van der Waals surface area contributed by atoms with Crippen LogP contribution in [0, 0.1) is 24.2 Å². The number of fused-ring (bicyclic) bond motifs is 2. The molecule has 3 aromatic carbocycles. The molecule has 57 heavy (non-hydrogen) atoms. The Balaban J connectivity index is 0.991. The highest BCUT2D eigenvalue weighted by atomic mass is 35.5. The minimum atomic E-state index is -3.61. The number of β-amino-alcohol motifs (C(OH)–C–C–N with tert-alkyl or cyclic N) is 1. The molecule has 0 spiro atoms. The Morgan fingerprint density at radius 3 is 2.56 bits per heavy atom. The van der Waals surface area contributed by atoms with Gasteiger partial charge in [0.05, 0.1) is 46.9 Å². The zero-order valence-electron chi connectivity index (χ0n) is 31.7. The first-order valence-corrected chi connectivity index (χ1v) is 21.3. The number of halogens is 1. The molecular formula is C42H42ClN7O6S. The van der Waals surface area contributed by atoms with Gasteiger partial charge in [0.15, 0.2) is 5.58 Å². The molecular weight excluding hydrogens is 766 g/mol. The van der Waals surface area contributed by atoms with Crippen LogP contribution in [0.1, 0.15) is 66.1 Å². The van der Waals surface area contributed by atoms with E-state index in [0.29, 0.717) is 102 Å². The van der Waals surface area contributed by atoms with Crippen molar-refractivity contribution in [1.29, 1.82) is 5.26 Å². The molecule has 2 aliphatic heterocycles. The van der Waals surface area contributed by atoms with E-state index < -0.39 is 27.1 Å². The summed E-state index contributed by atoms with van der Waals surface area (Å²) < 4.78 is 39.2. The number of aromatic nitrogens is 3. The highest BCUT2D eigenvalue weighted by Gasteiger charge is 2.41. The number of ether oxygens (including phenoxy) is 1. The molecule has 2 aromatic heterocycles. The number of likely N-dealkylation sites (tertiary alicyclic amines) is 2. The molecule has 0 bridgehead atoms. The summed E-state index contributed by atoms with van der Waals surface area (Å²) in [6, 6.07) is 16.0. The van der Waals surface area contributed by atoms with Crippen molar-refractivity contribution in [3.8, 4) is 45.8 Å². The van der Waals surface area contributed by atoms with Crippen molar-refractivity contribution in [1.82, 2.24) is 29.5 Å². The first-order chi connectivity index (χ1) is 27.5. The second kappa shape index (κ2) is 14.8. The summed E-state index contributed by atoms with van der Waals surface area (Å²) in [4.78, 5) is 31.7. The number of hydrogen-bond donors (Lipinski definition) is 2. The Bertz CT molecular complexity index is 2590. The normalized spacial score (nSPS) is 21.2. The van der Waals surface area contributed by atoms with Gasteiger partial charge < -0.3 is 14.3 Å². The number of nitrogens with one attached hydrogen (secondary N) is 1. The van der Waals surface area contributed by atoms with E-state index in [-0.39, 0.29) is 12.1 Å². The number of methoxy groups -OCH3 is 1. The summed E-state index contributed by atoms with van der Waals surface area (Å²) in [5.41, 5.74) is 8.76. The van der Waals surface area contributed by atoms with Crippen LogP contribution in [-0.2, 0) is 27.8 Å². The van der Waals surface area contributed by atoms with Gasteiger partial charge in [0.1, 0.15) is 22.8 Å². The van der Waals surface area contributed by atoms with E-state index in [2.05, 4.69) is 20.6 Å². The molecule has 1 amide bonds. The first kappa shape index (κ1) is 37.7. The van der Waals surface area contributed by atoms with Crippen molar-refractivity contribution in [2.75, 3.05) is 33.3 Å². The maximum Gasteiger partial charge on any atom is 0.237 e. The third-order valence-corrected chi connectivity index (χ3v) is 14.2. The molecule has 1 saturated carbocycles. The van der Waals surface area contributed by atoms with E-state index in [1.807, 2.05) is 49.4 Å². The molecule has 9 rings (SSSR count). The second-order valence-electron chi connectivity index (χ2n) is 15.6. The predicted octanol–water partition coefficient (Wildman–Crippen LogP) is 5.95. The topological polar surface area (TPSA) is 175 Å². The number of carbonyl (C=O) groups is 1. The number of oxazole rings is 1. The monoisotopic (exact) mass is 807 g/mol. The number of nitriles is 1. The fourth-order valence-electron chi connectivity index (χ4n) is 8.79. The van der Waals surface area contributed by atoms with Crippen LogP contribution in [0.2, 0.25) is 5.02 Å². The number of nitrogens with zero attached hydrogens (tertiary/aromatic N) is 6. The van der Waals surface area contributed by atoms with Crippen molar-refractivity contribution < 1.29 is 27.5 Å². The average molecular weight is 808 g/mol. The molecule has 15 heteroatoms. The largest absolute Gasteiger partial charge is 0.480 e. The lowest BCUT2D eigenvalue weighted by Crippen LogP contribution is -2.38. The van der Waals surface area contributed by atoms with Gasteiger partial charge in [-0.1, -0.05) is 41.9 Å². The van der Waals surface area contributed by atoms with E-state index in [1.54, 1.807) is 13.3 Å². The van der Waals surface area contributed by atoms with Crippen molar-refractivity contribution in [2.24, 2.45) is 5.92 Å². The predicted molar refractivity (Wildman–Crippen MR) is 214 cm³/mol. The Hall–Kier alpha value is -4.91. The minimum absolute atomic E-state index is 0.0309. The summed E-state index contributed by atoms with van der Waals surface area (Å²) >= 11 is 7.21. The molecule has 4 heterocycles. The number of aliphatic hydroxyl groups is 1. The van der Waals surface area contributed by atoms with Gasteiger partial charge >= 0.3 is 0 Å². The zero-order chi connectivity index (χ0) is 39.6. The Labute approximate surface area is 335 Å². The molecule has 2 saturated heterocycles. The number of benzene rings is 3. The number of carbonyl (C=O) groups excluding carboxylic acids is 1. The van der Waals surface area contributed by atoms with E-state index >= 15 is 0 Å². The molecule has 0 unspecified atom stereocenters. The van der Waals surface area contributed by atoms with Crippen molar-refractivity contribution in [3.05, 3.63) is 81.6 Å². The van der Waals surface area contributed by atoms with Gasteiger partial charge in [0.2, 0.25) is 27.7 Å². The van der Waals surface area contributed by atoms with E-state index in [1.165, 1.54) is 0 Å². The third-order valence-electron chi connectivity index (χ3n) is 12.0. The highest BCUT2D eigenvalue weighted by Crippen LogP contribution is 2.45. The quantitative estimate of drug-likeness (QED) is 0.170. The maximum atomic E-state index is 12.9. The number of rotatable bonds is 10. The summed E-state index contributed by atoms with van der Waals surface area (Å²) in [7, 11) is -2.02. The molecule has 4 aliphatic rings. The van der Waals surface area contributed by atoms with E-state index in [9.17, 15) is 23.6 Å².